The standard InChI is InChI=1S/C24H29NO7/c1-24(2,3)32-23(28)25-18(13-17-9-10-19-20(14-17)30-12-11-29-19)21(26)22(27)31-15-16-7-5-4-6-8-16/h4-10,14,18,21,26H,11-13,15H2,1-3H3,(H,25,28). The first-order valence-electron chi connectivity index (χ1n) is 10.5. The van der Waals surface area contributed by atoms with Crippen molar-refractivity contribution in [1.29, 1.82) is 0 Å². The summed E-state index contributed by atoms with van der Waals surface area (Å²) >= 11 is 0. The monoisotopic (exact) mass is 443 g/mol. The van der Waals surface area contributed by atoms with E-state index in [9.17, 15) is 14.7 Å². The summed E-state index contributed by atoms with van der Waals surface area (Å²) in [7, 11) is 0. The van der Waals surface area contributed by atoms with Crippen LogP contribution in [0.15, 0.2) is 48.5 Å². The minimum Gasteiger partial charge on any atom is -0.486 e. The van der Waals surface area contributed by atoms with Crippen LogP contribution in [-0.2, 0) is 27.3 Å². The number of rotatable bonds is 7. The Balaban J connectivity index is 1.71. The zero-order valence-electron chi connectivity index (χ0n) is 18.5. The molecule has 2 aromatic carbocycles. The zero-order valence-corrected chi connectivity index (χ0v) is 18.5. The molecule has 0 aliphatic carbocycles. The predicted molar refractivity (Wildman–Crippen MR) is 117 cm³/mol. The molecule has 2 aromatic rings. The van der Waals surface area contributed by atoms with Crippen molar-refractivity contribution in [3.05, 3.63) is 59.7 Å². The second kappa shape index (κ2) is 10.4. The van der Waals surface area contributed by atoms with E-state index in [0.29, 0.717) is 24.7 Å². The van der Waals surface area contributed by atoms with Crippen LogP contribution in [0, 0.1) is 0 Å². The summed E-state index contributed by atoms with van der Waals surface area (Å²) < 4.78 is 21.7. The summed E-state index contributed by atoms with van der Waals surface area (Å²) in [5.74, 6) is 0.359. The molecule has 0 aromatic heterocycles. The smallest absolute Gasteiger partial charge is 0.407 e. The molecule has 172 valence electrons. The lowest BCUT2D eigenvalue weighted by Gasteiger charge is -2.26. The molecule has 2 N–H and O–H groups in total. The van der Waals surface area contributed by atoms with E-state index in [0.717, 1.165) is 11.1 Å². The molecule has 8 heteroatoms. The second-order valence-corrected chi connectivity index (χ2v) is 8.47. The van der Waals surface area contributed by atoms with E-state index >= 15 is 0 Å². The van der Waals surface area contributed by atoms with Crippen LogP contribution in [0.3, 0.4) is 0 Å². The Hall–Kier alpha value is -3.26. The quantitative estimate of drug-likeness (QED) is 0.634. The molecule has 3 rings (SSSR count). The van der Waals surface area contributed by atoms with Crippen LogP contribution < -0.4 is 14.8 Å². The SMILES string of the molecule is CC(C)(C)OC(=O)NC(Cc1ccc2c(c1)OCCO2)C(O)C(=O)OCc1ccccc1. The number of carbonyl (C=O) groups is 2. The van der Waals surface area contributed by atoms with Gasteiger partial charge in [-0.1, -0.05) is 36.4 Å². The van der Waals surface area contributed by atoms with Gasteiger partial charge in [-0.05, 0) is 50.5 Å². The molecule has 1 aliphatic rings. The molecule has 1 amide bonds. The summed E-state index contributed by atoms with van der Waals surface area (Å²) in [5, 5.41) is 13.3. The minimum absolute atomic E-state index is 0.0138. The van der Waals surface area contributed by atoms with Gasteiger partial charge < -0.3 is 29.4 Å². The summed E-state index contributed by atoms with van der Waals surface area (Å²) in [6.07, 6.45) is -2.19. The van der Waals surface area contributed by atoms with Crippen molar-refractivity contribution >= 4 is 12.1 Å². The number of hydrogen-bond acceptors (Lipinski definition) is 7. The van der Waals surface area contributed by atoms with Crippen LogP contribution >= 0.6 is 0 Å². The maximum absolute atomic E-state index is 12.5. The average Bonchev–Trinajstić information content (AvgIpc) is 2.76. The van der Waals surface area contributed by atoms with Gasteiger partial charge in [0, 0.05) is 0 Å². The van der Waals surface area contributed by atoms with Gasteiger partial charge in [0.15, 0.2) is 17.6 Å². The summed E-state index contributed by atoms with van der Waals surface area (Å²) in [5.41, 5.74) is 0.798. The van der Waals surface area contributed by atoms with Gasteiger partial charge in [0.1, 0.15) is 25.4 Å². The van der Waals surface area contributed by atoms with Crippen LogP contribution in [0.1, 0.15) is 31.9 Å². The van der Waals surface area contributed by atoms with Crippen molar-refractivity contribution in [3.8, 4) is 11.5 Å². The van der Waals surface area contributed by atoms with E-state index in [1.54, 1.807) is 39.0 Å². The van der Waals surface area contributed by atoms with Gasteiger partial charge in [0.05, 0.1) is 6.04 Å². The molecule has 0 saturated heterocycles. The lowest BCUT2D eigenvalue weighted by atomic mass is 10.0. The minimum atomic E-state index is -1.60. The number of alkyl carbamates (subject to hydrolysis) is 1. The molecular formula is C24H29NO7. The third kappa shape index (κ3) is 6.88. The first-order chi connectivity index (χ1) is 15.2. The molecule has 1 heterocycles. The zero-order chi connectivity index (χ0) is 23.1. The topological polar surface area (TPSA) is 103 Å². The number of nitrogens with one attached hydrogen (secondary N) is 1. The van der Waals surface area contributed by atoms with Gasteiger partial charge in [-0.15, -0.1) is 0 Å². The van der Waals surface area contributed by atoms with E-state index in [1.165, 1.54) is 0 Å². The fraction of sp³-hybridized carbons (Fsp3) is 0.417. The molecule has 1 aliphatic heterocycles. The fourth-order valence-electron chi connectivity index (χ4n) is 3.15. The highest BCUT2D eigenvalue weighted by Crippen LogP contribution is 2.31. The molecule has 0 spiro atoms. The van der Waals surface area contributed by atoms with Crippen molar-refractivity contribution < 1.29 is 33.6 Å². The van der Waals surface area contributed by atoms with Crippen LogP contribution in [0.25, 0.3) is 0 Å². The number of fused-ring (bicyclic) bond motifs is 1. The number of carbonyl (C=O) groups excluding carboxylic acids is 2. The average molecular weight is 443 g/mol. The lowest BCUT2D eigenvalue weighted by molar-refractivity contribution is -0.156. The highest BCUT2D eigenvalue weighted by atomic mass is 16.6. The van der Waals surface area contributed by atoms with Crippen LogP contribution in [0.2, 0.25) is 0 Å². The highest BCUT2D eigenvalue weighted by molar-refractivity contribution is 5.77. The molecule has 2 atom stereocenters. The predicted octanol–water partition coefficient (Wildman–Crippen LogP) is 3.00. The Labute approximate surface area is 187 Å². The lowest BCUT2D eigenvalue weighted by Crippen LogP contribution is -2.50. The molecule has 0 saturated carbocycles. The number of amides is 1. The number of ether oxygens (including phenoxy) is 4. The molecular weight excluding hydrogens is 414 g/mol. The van der Waals surface area contributed by atoms with E-state index in [1.807, 2.05) is 30.3 Å². The number of aliphatic hydroxyl groups is 1. The van der Waals surface area contributed by atoms with Gasteiger partial charge >= 0.3 is 12.1 Å². The number of benzene rings is 2. The summed E-state index contributed by atoms with van der Waals surface area (Å²) in [4.78, 5) is 24.9. The number of esters is 1. The maximum atomic E-state index is 12.5. The van der Waals surface area contributed by atoms with Crippen molar-refractivity contribution in [2.24, 2.45) is 0 Å². The largest absolute Gasteiger partial charge is 0.486 e. The summed E-state index contributed by atoms with van der Waals surface area (Å²) in [6, 6.07) is 13.5. The first-order valence-corrected chi connectivity index (χ1v) is 10.5. The van der Waals surface area contributed by atoms with Crippen LogP contribution in [0.5, 0.6) is 11.5 Å². The Kier molecular flexibility index (Phi) is 7.58. The normalized spacial score (nSPS) is 14.8. The Bertz CT molecular complexity index is 924. The van der Waals surface area contributed by atoms with Crippen LogP contribution in [0.4, 0.5) is 4.79 Å². The van der Waals surface area contributed by atoms with Crippen molar-refractivity contribution in [3.63, 3.8) is 0 Å². The van der Waals surface area contributed by atoms with Crippen molar-refractivity contribution in [2.45, 2.75) is 51.5 Å². The van der Waals surface area contributed by atoms with Gasteiger partial charge in [-0.3, -0.25) is 0 Å². The van der Waals surface area contributed by atoms with Crippen molar-refractivity contribution in [2.75, 3.05) is 13.2 Å². The Morgan fingerprint density at radius 1 is 1.03 bits per heavy atom. The molecule has 32 heavy (non-hydrogen) atoms. The molecule has 0 radical (unpaired) electrons. The number of aliphatic hydroxyl groups excluding tert-OH is 1. The van der Waals surface area contributed by atoms with E-state index in [2.05, 4.69) is 5.32 Å². The molecule has 2 unspecified atom stereocenters. The van der Waals surface area contributed by atoms with Crippen LogP contribution in [-0.4, -0.2) is 48.1 Å². The first kappa shape index (κ1) is 23.4. The van der Waals surface area contributed by atoms with E-state index in [4.69, 9.17) is 18.9 Å². The van der Waals surface area contributed by atoms with Crippen molar-refractivity contribution in [1.82, 2.24) is 5.32 Å². The third-order valence-electron chi connectivity index (χ3n) is 4.61. The summed E-state index contributed by atoms with van der Waals surface area (Å²) in [6.45, 7) is 6.11. The number of hydrogen-bond donors (Lipinski definition) is 2. The Morgan fingerprint density at radius 3 is 2.41 bits per heavy atom. The van der Waals surface area contributed by atoms with Gasteiger partial charge in [-0.2, -0.15) is 0 Å². The maximum Gasteiger partial charge on any atom is 0.407 e. The fourth-order valence-corrected chi connectivity index (χ4v) is 3.15. The Morgan fingerprint density at radius 2 is 1.72 bits per heavy atom. The second-order valence-electron chi connectivity index (χ2n) is 8.47. The van der Waals surface area contributed by atoms with Gasteiger partial charge in [0.2, 0.25) is 0 Å². The highest BCUT2D eigenvalue weighted by Gasteiger charge is 2.31. The molecule has 0 bridgehead atoms. The molecule has 0 fully saturated rings. The molecule has 8 nitrogen and oxygen atoms in total. The van der Waals surface area contributed by atoms with E-state index < -0.39 is 29.8 Å². The third-order valence-corrected chi connectivity index (χ3v) is 4.61. The van der Waals surface area contributed by atoms with E-state index in [-0.39, 0.29) is 13.0 Å². The van der Waals surface area contributed by atoms with Gasteiger partial charge in [0.25, 0.3) is 0 Å². The van der Waals surface area contributed by atoms with Gasteiger partial charge in [-0.25, -0.2) is 9.59 Å².